The summed E-state index contributed by atoms with van der Waals surface area (Å²) in [5, 5.41) is 18.2. The van der Waals surface area contributed by atoms with Crippen LogP contribution >= 0.6 is 7.82 Å². The number of carbonyl (C=O) groups is 1. The van der Waals surface area contributed by atoms with Crippen LogP contribution in [0.4, 0.5) is 0 Å². The molecule has 0 saturated heterocycles. The SMILES string of the molecule is CCC/C=C\C/C=C\CCCCCCCC(=O)OC(COCCCCCCCCCCCCC)COP(=O)(O)OCC(O)CO. The summed E-state index contributed by atoms with van der Waals surface area (Å²) in [6, 6.07) is 0. The molecule has 0 rings (SSSR count). The molecule has 0 saturated carbocycles. The fourth-order valence-corrected chi connectivity index (χ4v) is 5.42. The van der Waals surface area contributed by atoms with Crippen LogP contribution in [0.1, 0.15) is 149 Å². The highest BCUT2D eigenvalue weighted by atomic mass is 31.2. The molecule has 0 fully saturated rings. The molecule has 0 aromatic carbocycles. The van der Waals surface area contributed by atoms with Gasteiger partial charge >= 0.3 is 13.8 Å². The van der Waals surface area contributed by atoms with Crippen molar-refractivity contribution in [1.82, 2.24) is 0 Å². The van der Waals surface area contributed by atoms with Gasteiger partial charge in [-0.1, -0.05) is 128 Å². The predicted molar refractivity (Wildman–Crippen MR) is 182 cm³/mol. The highest BCUT2D eigenvalue weighted by Crippen LogP contribution is 2.43. The van der Waals surface area contributed by atoms with Gasteiger partial charge in [0.1, 0.15) is 12.2 Å². The lowest BCUT2D eigenvalue weighted by atomic mass is 10.1. The van der Waals surface area contributed by atoms with Crippen molar-refractivity contribution < 1.29 is 43.0 Å². The summed E-state index contributed by atoms with van der Waals surface area (Å²) in [5.41, 5.74) is 0. The highest BCUT2D eigenvalue weighted by molar-refractivity contribution is 7.47. The van der Waals surface area contributed by atoms with Crippen LogP contribution in [-0.2, 0) is 27.9 Å². The van der Waals surface area contributed by atoms with Gasteiger partial charge in [0.05, 0.1) is 26.4 Å². The van der Waals surface area contributed by atoms with E-state index in [2.05, 4.69) is 38.2 Å². The average molecular weight is 663 g/mol. The van der Waals surface area contributed by atoms with Gasteiger partial charge in [-0.25, -0.2) is 4.57 Å². The summed E-state index contributed by atoms with van der Waals surface area (Å²) in [6.45, 7) is 3.42. The first-order valence-corrected chi connectivity index (χ1v) is 19.3. The molecule has 45 heavy (non-hydrogen) atoms. The smallest absolute Gasteiger partial charge is 0.457 e. The number of esters is 1. The topological polar surface area (TPSA) is 132 Å². The highest BCUT2D eigenvalue weighted by Gasteiger charge is 2.26. The number of hydrogen-bond donors (Lipinski definition) is 3. The molecule has 0 aliphatic rings. The predicted octanol–water partition coefficient (Wildman–Crippen LogP) is 8.75. The molecule has 0 aliphatic heterocycles. The van der Waals surface area contributed by atoms with E-state index in [9.17, 15) is 19.4 Å². The first-order valence-electron chi connectivity index (χ1n) is 17.8. The van der Waals surface area contributed by atoms with Crippen molar-refractivity contribution in [1.29, 1.82) is 0 Å². The van der Waals surface area contributed by atoms with E-state index >= 15 is 0 Å². The van der Waals surface area contributed by atoms with Crippen molar-refractivity contribution in [3.63, 3.8) is 0 Å². The number of aliphatic hydroxyl groups is 2. The Morgan fingerprint density at radius 2 is 1.24 bits per heavy atom. The fourth-order valence-electron chi connectivity index (χ4n) is 4.63. The zero-order valence-electron chi connectivity index (χ0n) is 28.6. The molecular weight excluding hydrogens is 595 g/mol. The standard InChI is InChI=1S/C35H67O9P/c1-3-5-7-9-11-13-15-16-17-19-21-23-25-27-35(38)44-34(32-43-45(39,40)42-30-33(37)29-36)31-41-28-26-24-22-20-18-14-12-10-8-6-4-2/h7,9,13,15,33-34,36-37H,3-6,8,10-12,14,16-32H2,1-2H3,(H,39,40)/b9-7-,15-13-. The first kappa shape index (κ1) is 43.9. The van der Waals surface area contributed by atoms with Crippen LogP contribution in [0, 0.1) is 0 Å². The molecule has 0 bridgehead atoms. The van der Waals surface area contributed by atoms with Crippen LogP contribution in [0.3, 0.4) is 0 Å². The lowest BCUT2D eigenvalue weighted by molar-refractivity contribution is -0.154. The fraction of sp³-hybridized carbons (Fsp3) is 0.857. The van der Waals surface area contributed by atoms with Crippen LogP contribution in [-0.4, -0.2) is 66.3 Å². The number of rotatable bonds is 34. The third-order valence-electron chi connectivity index (χ3n) is 7.37. The summed E-state index contributed by atoms with van der Waals surface area (Å²) in [6.07, 6.45) is 29.9. The first-order chi connectivity index (χ1) is 21.8. The minimum Gasteiger partial charge on any atom is -0.457 e. The summed E-state index contributed by atoms with van der Waals surface area (Å²) in [5.74, 6) is -0.398. The van der Waals surface area contributed by atoms with Gasteiger partial charge in [0.25, 0.3) is 0 Å². The Kier molecular flexibility index (Phi) is 32.1. The van der Waals surface area contributed by atoms with Gasteiger partial charge in [-0.3, -0.25) is 13.8 Å². The average Bonchev–Trinajstić information content (AvgIpc) is 3.03. The van der Waals surface area contributed by atoms with E-state index < -0.39 is 39.2 Å². The summed E-state index contributed by atoms with van der Waals surface area (Å²) in [4.78, 5) is 22.4. The van der Waals surface area contributed by atoms with Gasteiger partial charge in [-0.05, 0) is 38.5 Å². The quantitative estimate of drug-likeness (QED) is 0.0268. The van der Waals surface area contributed by atoms with Gasteiger partial charge in [-0.15, -0.1) is 0 Å². The second kappa shape index (κ2) is 32.9. The second-order valence-corrected chi connectivity index (χ2v) is 13.3. The van der Waals surface area contributed by atoms with Crippen molar-refractivity contribution >= 4 is 13.8 Å². The van der Waals surface area contributed by atoms with Gasteiger partial charge in [0.2, 0.25) is 0 Å². The number of allylic oxidation sites excluding steroid dienone is 4. The molecule has 3 unspecified atom stereocenters. The van der Waals surface area contributed by atoms with Crippen molar-refractivity contribution in [2.24, 2.45) is 0 Å². The number of hydrogen-bond acceptors (Lipinski definition) is 8. The maximum absolute atomic E-state index is 12.5. The van der Waals surface area contributed by atoms with Gasteiger partial charge in [0, 0.05) is 13.0 Å². The molecule has 0 aliphatic carbocycles. The molecule has 0 amide bonds. The van der Waals surface area contributed by atoms with Crippen molar-refractivity contribution in [3.05, 3.63) is 24.3 Å². The molecule has 3 atom stereocenters. The molecule has 0 aromatic rings. The van der Waals surface area contributed by atoms with Crippen LogP contribution in [0.25, 0.3) is 0 Å². The molecule has 0 radical (unpaired) electrons. The van der Waals surface area contributed by atoms with Crippen molar-refractivity contribution in [3.8, 4) is 0 Å². The van der Waals surface area contributed by atoms with Crippen LogP contribution in [0.15, 0.2) is 24.3 Å². The van der Waals surface area contributed by atoms with Crippen LogP contribution in [0.5, 0.6) is 0 Å². The molecule has 0 heterocycles. The van der Waals surface area contributed by atoms with Gasteiger partial charge in [-0.2, -0.15) is 0 Å². The van der Waals surface area contributed by atoms with Crippen molar-refractivity contribution in [2.75, 3.05) is 33.0 Å². The van der Waals surface area contributed by atoms with E-state index in [0.29, 0.717) is 13.0 Å². The Labute approximate surface area is 274 Å². The minimum absolute atomic E-state index is 0.0463. The second-order valence-electron chi connectivity index (χ2n) is 11.9. The van der Waals surface area contributed by atoms with Gasteiger partial charge in [0.15, 0.2) is 0 Å². The normalized spacial score (nSPS) is 14.7. The van der Waals surface area contributed by atoms with E-state index in [0.717, 1.165) is 64.2 Å². The van der Waals surface area contributed by atoms with Crippen LogP contribution in [0.2, 0.25) is 0 Å². The summed E-state index contributed by atoms with van der Waals surface area (Å²) >= 11 is 0. The Bertz CT molecular complexity index is 759. The summed E-state index contributed by atoms with van der Waals surface area (Å²) < 4.78 is 33.1. The number of ether oxygens (including phenoxy) is 2. The van der Waals surface area contributed by atoms with E-state index in [4.69, 9.17) is 23.6 Å². The molecule has 3 N–H and O–H groups in total. The molecule has 0 spiro atoms. The Morgan fingerprint density at radius 3 is 1.87 bits per heavy atom. The molecule has 9 nitrogen and oxygen atoms in total. The third-order valence-corrected chi connectivity index (χ3v) is 8.32. The monoisotopic (exact) mass is 662 g/mol. The molecule has 10 heteroatoms. The van der Waals surface area contributed by atoms with E-state index in [1.165, 1.54) is 57.8 Å². The molecular formula is C35H67O9P. The Morgan fingerprint density at radius 1 is 0.689 bits per heavy atom. The van der Waals surface area contributed by atoms with Crippen LogP contribution < -0.4 is 0 Å². The van der Waals surface area contributed by atoms with Crippen molar-refractivity contribution in [2.45, 2.75) is 161 Å². The molecule has 0 aromatic heterocycles. The largest absolute Gasteiger partial charge is 0.472 e. The lowest BCUT2D eigenvalue weighted by Crippen LogP contribution is -2.29. The van der Waals surface area contributed by atoms with Gasteiger partial charge < -0.3 is 24.6 Å². The number of unbranched alkanes of at least 4 members (excludes halogenated alkanes) is 16. The number of phosphoric acid groups is 1. The van der Waals surface area contributed by atoms with E-state index in [1.54, 1.807) is 0 Å². The zero-order valence-corrected chi connectivity index (χ0v) is 29.5. The maximum Gasteiger partial charge on any atom is 0.472 e. The van der Waals surface area contributed by atoms with E-state index in [-0.39, 0.29) is 19.6 Å². The summed E-state index contributed by atoms with van der Waals surface area (Å²) in [7, 11) is -4.51. The zero-order chi connectivity index (χ0) is 33.3. The Balaban J connectivity index is 4.29. The number of aliphatic hydroxyl groups excluding tert-OH is 2. The Hall–Kier alpha value is -1.06. The third kappa shape index (κ3) is 32.7. The minimum atomic E-state index is -4.51. The number of phosphoric ester groups is 1. The number of carbonyl (C=O) groups excluding carboxylic acids is 1. The maximum atomic E-state index is 12.5. The lowest BCUT2D eigenvalue weighted by Gasteiger charge is -2.20. The van der Waals surface area contributed by atoms with E-state index in [1.807, 2.05) is 0 Å². The molecule has 266 valence electrons.